The van der Waals surface area contributed by atoms with Crippen LogP contribution in [0.15, 0.2) is 23.2 Å². The first-order valence-corrected chi connectivity index (χ1v) is 9.38. The van der Waals surface area contributed by atoms with Gasteiger partial charge < -0.3 is 9.84 Å². The summed E-state index contributed by atoms with van der Waals surface area (Å²) >= 11 is 0. The summed E-state index contributed by atoms with van der Waals surface area (Å²) in [6, 6.07) is 3.18. The second-order valence-electron chi connectivity index (χ2n) is 5.45. The summed E-state index contributed by atoms with van der Waals surface area (Å²) in [7, 11) is -2.01. The Morgan fingerprint density at radius 1 is 1.29 bits per heavy atom. The molecule has 0 amide bonds. The number of methoxy groups -OCH3 is 1. The molecule has 0 aliphatic heterocycles. The summed E-state index contributed by atoms with van der Waals surface area (Å²) in [5.74, 6) is 0.608. The van der Waals surface area contributed by atoms with E-state index in [2.05, 4.69) is 10.2 Å². The Balaban J connectivity index is 2.31. The molecular weight excluding hydrogens is 332 g/mol. The number of hydrogen-bond donors (Lipinski definition) is 1. The number of aryl methyl sites for hydroxylation is 1. The third kappa shape index (κ3) is 3.92. The predicted octanol–water partition coefficient (Wildman–Crippen LogP) is 0.700. The van der Waals surface area contributed by atoms with Crippen molar-refractivity contribution in [2.24, 2.45) is 0 Å². The molecule has 2 aromatic heterocycles. The SMILES string of the molecule is CCN(CC)S(=O)(=O)c1ccc2nnc(CCC(O)COC)n2c1. The summed E-state index contributed by atoms with van der Waals surface area (Å²) in [5.41, 5.74) is 0.574. The number of nitrogens with zero attached hydrogens (tertiary/aromatic N) is 4. The zero-order valence-corrected chi connectivity index (χ0v) is 15.0. The molecule has 2 aromatic rings. The molecule has 0 bridgehead atoms. The number of ether oxygens (including phenoxy) is 1. The van der Waals surface area contributed by atoms with Gasteiger partial charge in [0.15, 0.2) is 5.65 Å². The molecule has 0 saturated carbocycles. The molecule has 134 valence electrons. The Kier molecular flexibility index (Phi) is 6.27. The monoisotopic (exact) mass is 356 g/mol. The van der Waals surface area contributed by atoms with E-state index in [9.17, 15) is 13.5 Å². The lowest BCUT2D eigenvalue weighted by Crippen LogP contribution is -2.30. The highest BCUT2D eigenvalue weighted by Crippen LogP contribution is 2.17. The van der Waals surface area contributed by atoms with Crippen molar-refractivity contribution in [3.8, 4) is 0 Å². The first-order valence-electron chi connectivity index (χ1n) is 7.94. The molecule has 2 rings (SSSR count). The number of aromatic nitrogens is 3. The van der Waals surface area contributed by atoms with Gasteiger partial charge in [-0.3, -0.25) is 4.40 Å². The summed E-state index contributed by atoms with van der Waals surface area (Å²) < 4.78 is 33.2. The second kappa shape index (κ2) is 8.02. The van der Waals surface area contributed by atoms with Gasteiger partial charge in [0.2, 0.25) is 10.0 Å². The Hall–Kier alpha value is -1.55. The normalized spacial score (nSPS) is 13.7. The van der Waals surface area contributed by atoms with Crippen LogP contribution in [0.1, 0.15) is 26.1 Å². The molecular formula is C15H24N4O4S. The molecule has 1 unspecified atom stereocenters. The smallest absolute Gasteiger partial charge is 0.244 e. The van der Waals surface area contributed by atoms with E-state index in [1.165, 1.54) is 11.4 Å². The van der Waals surface area contributed by atoms with Crippen molar-refractivity contribution in [2.45, 2.75) is 37.7 Å². The summed E-state index contributed by atoms with van der Waals surface area (Å²) in [6.07, 6.45) is 1.88. The Morgan fingerprint density at radius 3 is 2.62 bits per heavy atom. The number of pyridine rings is 1. The minimum atomic E-state index is -3.54. The van der Waals surface area contributed by atoms with Crippen LogP contribution in [0.3, 0.4) is 0 Å². The molecule has 1 N–H and O–H groups in total. The highest BCUT2D eigenvalue weighted by Gasteiger charge is 2.22. The van der Waals surface area contributed by atoms with E-state index in [0.29, 0.717) is 37.4 Å². The van der Waals surface area contributed by atoms with E-state index in [4.69, 9.17) is 4.74 Å². The zero-order chi connectivity index (χ0) is 17.7. The molecule has 0 fully saturated rings. The van der Waals surface area contributed by atoms with Crippen LogP contribution in [-0.4, -0.2) is 65.3 Å². The molecule has 9 heteroatoms. The van der Waals surface area contributed by atoms with E-state index >= 15 is 0 Å². The fourth-order valence-electron chi connectivity index (χ4n) is 2.53. The summed E-state index contributed by atoms with van der Waals surface area (Å²) in [4.78, 5) is 0.206. The van der Waals surface area contributed by atoms with Gasteiger partial charge in [0.05, 0.1) is 17.6 Å². The van der Waals surface area contributed by atoms with Gasteiger partial charge in [0.25, 0.3) is 0 Å². The lowest BCUT2D eigenvalue weighted by atomic mass is 10.2. The van der Waals surface area contributed by atoms with Crippen LogP contribution in [0.2, 0.25) is 0 Å². The van der Waals surface area contributed by atoms with Crippen molar-refractivity contribution in [3.05, 3.63) is 24.2 Å². The molecule has 0 saturated heterocycles. The quantitative estimate of drug-likeness (QED) is 0.710. The van der Waals surface area contributed by atoms with E-state index < -0.39 is 16.1 Å². The molecule has 0 aliphatic carbocycles. The van der Waals surface area contributed by atoms with Crippen molar-refractivity contribution in [1.82, 2.24) is 18.9 Å². The maximum atomic E-state index is 12.6. The second-order valence-corrected chi connectivity index (χ2v) is 7.38. The van der Waals surface area contributed by atoms with Crippen LogP contribution in [0.25, 0.3) is 5.65 Å². The van der Waals surface area contributed by atoms with Gasteiger partial charge in [-0.05, 0) is 18.6 Å². The first-order chi connectivity index (χ1) is 11.4. The van der Waals surface area contributed by atoms with Crippen molar-refractivity contribution in [2.75, 3.05) is 26.8 Å². The molecule has 0 aliphatic rings. The molecule has 2 heterocycles. The van der Waals surface area contributed by atoms with Gasteiger partial charge in [-0.25, -0.2) is 8.42 Å². The minimum Gasteiger partial charge on any atom is -0.391 e. The largest absolute Gasteiger partial charge is 0.391 e. The van der Waals surface area contributed by atoms with Crippen molar-refractivity contribution in [1.29, 1.82) is 0 Å². The molecule has 8 nitrogen and oxygen atoms in total. The predicted molar refractivity (Wildman–Crippen MR) is 89.3 cm³/mol. The number of sulfonamides is 1. The number of aliphatic hydroxyl groups is 1. The van der Waals surface area contributed by atoms with Crippen molar-refractivity contribution < 1.29 is 18.3 Å². The van der Waals surface area contributed by atoms with E-state index in [0.717, 1.165) is 0 Å². The average Bonchev–Trinajstić information content (AvgIpc) is 2.96. The number of hydrogen-bond acceptors (Lipinski definition) is 6. The third-order valence-corrected chi connectivity index (χ3v) is 5.88. The number of fused-ring (bicyclic) bond motifs is 1. The third-order valence-electron chi connectivity index (χ3n) is 3.85. The first kappa shape index (κ1) is 18.8. The van der Waals surface area contributed by atoms with Gasteiger partial charge in [0, 0.05) is 32.8 Å². The van der Waals surface area contributed by atoms with Crippen LogP contribution >= 0.6 is 0 Å². The molecule has 1 atom stereocenters. The van der Waals surface area contributed by atoms with E-state index in [1.807, 2.05) is 0 Å². The lowest BCUT2D eigenvalue weighted by molar-refractivity contribution is 0.0591. The molecule has 24 heavy (non-hydrogen) atoms. The Labute approximate surface area is 142 Å². The maximum Gasteiger partial charge on any atom is 0.244 e. The Morgan fingerprint density at radius 2 is 2.00 bits per heavy atom. The zero-order valence-electron chi connectivity index (χ0n) is 14.2. The minimum absolute atomic E-state index is 0.206. The van der Waals surface area contributed by atoms with Gasteiger partial charge in [0.1, 0.15) is 5.82 Å². The molecule has 0 radical (unpaired) electrons. The average molecular weight is 356 g/mol. The van der Waals surface area contributed by atoms with Gasteiger partial charge in [-0.2, -0.15) is 4.31 Å². The number of aliphatic hydroxyl groups excluding tert-OH is 1. The summed E-state index contributed by atoms with van der Waals surface area (Å²) in [5, 5.41) is 17.9. The van der Waals surface area contributed by atoms with E-state index in [1.54, 1.807) is 36.6 Å². The fourth-order valence-corrected chi connectivity index (χ4v) is 3.98. The van der Waals surface area contributed by atoms with Crippen molar-refractivity contribution in [3.63, 3.8) is 0 Å². The fraction of sp³-hybridized carbons (Fsp3) is 0.600. The topological polar surface area (TPSA) is 97.0 Å². The molecule has 0 spiro atoms. The lowest BCUT2D eigenvalue weighted by Gasteiger charge is -2.18. The van der Waals surface area contributed by atoms with E-state index in [-0.39, 0.29) is 11.5 Å². The standard InChI is InChI=1S/C15H24N4O4S/c1-4-18(5-2)24(21,22)13-7-9-15-17-16-14(19(15)10-13)8-6-12(20)11-23-3/h7,9-10,12,20H,4-6,8,11H2,1-3H3. The number of rotatable bonds is 9. The highest BCUT2D eigenvalue weighted by molar-refractivity contribution is 7.89. The van der Waals surface area contributed by atoms with Crippen LogP contribution < -0.4 is 0 Å². The van der Waals surface area contributed by atoms with Crippen LogP contribution in [0, 0.1) is 0 Å². The molecule has 0 aromatic carbocycles. The summed E-state index contributed by atoms with van der Waals surface area (Å²) in [6.45, 7) is 4.69. The van der Waals surface area contributed by atoms with Gasteiger partial charge >= 0.3 is 0 Å². The Bertz CT molecular complexity index is 771. The van der Waals surface area contributed by atoms with Crippen LogP contribution in [0.4, 0.5) is 0 Å². The van der Waals surface area contributed by atoms with Gasteiger partial charge in [-0.15, -0.1) is 10.2 Å². The maximum absolute atomic E-state index is 12.6. The highest BCUT2D eigenvalue weighted by atomic mass is 32.2. The van der Waals surface area contributed by atoms with Crippen molar-refractivity contribution >= 4 is 15.7 Å². The van der Waals surface area contributed by atoms with Gasteiger partial charge in [-0.1, -0.05) is 13.8 Å². The van der Waals surface area contributed by atoms with Crippen LogP contribution in [0.5, 0.6) is 0 Å². The van der Waals surface area contributed by atoms with Crippen LogP contribution in [-0.2, 0) is 21.2 Å².